The summed E-state index contributed by atoms with van der Waals surface area (Å²) < 4.78 is 13.9. The van der Waals surface area contributed by atoms with Crippen molar-refractivity contribution in [3.05, 3.63) is 75.3 Å². The number of piperazine rings is 1. The minimum absolute atomic E-state index is 0.00156. The van der Waals surface area contributed by atoms with Crippen LogP contribution in [-0.2, 0) is 17.8 Å². The molecule has 0 radical (unpaired) electrons. The van der Waals surface area contributed by atoms with Gasteiger partial charge < -0.3 is 4.90 Å². The van der Waals surface area contributed by atoms with Crippen molar-refractivity contribution in [2.24, 2.45) is 0 Å². The van der Waals surface area contributed by atoms with E-state index in [-0.39, 0.29) is 17.9 Å². The van der Waals surface area contributed by atoms with Crippen molar-refractivity contribution < 1.29 is 9.18 Å². The molecule has 1 aliphatic heterocycles. The van der Waals surface area contributed by atoms with Crippen LogP contribution in [0.15, 0.2) is 53.9 Å². The fraction of sp³-hybridized carbons (Fsp3) is 0.273. The average molecular weight is 430 g/mol. The Morgan fingerprint density at radius 2 is 1.83 bits per heavy atom. The minimum atomic E-state index is -0.428. The summed E-state index contributed by atoms with van der Waals surface area (Å²) in [5, 5.41) is 3.46. The minimum Gasteiger partial charge on any atom is -0.340 e. The Labute approximate surface area is 178 Å². The van der Waals surface area contributed by atoms with Crippen LogP contribution in [0.4, 0.5) is 4.39 Å². The second kappa shape index (κ2) is 9.03. The number of thiazole rings is 1. The van der Waals surface area contributed by atoms with E-state index in [1.165, 1.54) is 6.07 Å². The van der Waals surface area contributed by atoms with Crippen LogP contribution >= 0.6 is 22.9 Å². The van der Waals surface area contributed by atoms with Gasteiger partial charge in [-0.1, -0.05) is 48.0 Å². The zero-order valence-electron chi connectivity index (χ0n) is 15.9. The van der Waals surface area contributed by atoms with Crippen molar-refractivity contribution in [2.45, 2.75) is 13.0 Å². The molecule has 4 rings (SSSR count). The molecular weight excluding hydrogens is 409 g/mol. The normalized spacial score (nSPS) is 14.9. The summed E-state index contributed by atoms with van der Waals surface area (Å²) in [7, 11) is 0. The largest absolute Gasteiger partial charge is 0.340 e. The SMILES string of the molecule is O=C(Cc1c(F)cccc1Cl)N1CCN(Cc2nc(-c3ccccc3)cs2)CC1. The lowest BCUT2D eigenvalue weighted by Gasteiger charge is -2.34. The first-order valence-corrected chi connectivity index (χ1v) is 10.8. The molecule has 0 unspecified atom stereocenters. The lowest BCUT2D eigenvalue weighted by molar-refractivity contribution is -0.132. The Morgan fingerprint density at radius 3 is 2.55 bits per heavy atom. The molecule has 0 aliphatic carbocycles. The quantitative estimate of drug-likeness (QED) is 0.599. The second-order valence-electron chi connectivity index (χ2n) is 7.03. The number of benzene rings is 2. The fourth-order valence-electron chi connectivity index (χ4n) is 3.44. The standard InChI is InChI=1S/C22H21ClFN3OS/c23-18-7-4-8-19(24)17(18)13-22(28)27-11-9-26(10-12-27)14-21-25-20(15-29-21)16-5-2-1-3-6-16/h1-8,15H,9-14H2. The van der Waals surface area contributed by atoms with Crippen LogP contribution < -0.4 is 0 Å². The summed E-state index contributed by atoms with van der Waals surface area (Å²) in [6.45, 7) is 3.58. The fourth-order valence-corrected chi connectivity index (χ4v) is 4.51. The Balaban J connectivity index is 1.31. The molecule has 2 aromatic carbocycles. The van der Waals surface area contributed by atoms with Gasteiger partial charge >= 0.3 is 0 Å². The van der Waals surface area contributed by atoms with Gasteiger partial charge in [0.1, 0.15) is 10.8 Å². The molecule has 0 bridgehead atoms. The third kappa shape index (κ3) is 4.83. The van der Waals surface area contributed by atoms with Gasteiger partial charge in [-0.05, 0) is 12.1 Å². The predicted molar refractivity (Wildman–Crippen MR) is 115 cm³/mol. The van der Waals surface area contributed by atoms with Crippen LogP contribution in [-0.4, -0.2) is 46.9 Å². The van der Waals surface area contributed by atoms with Crippen molar-refractivity contribution in [3.8, 4) is 11.3 Å². The molecule has 1 amide bonds. The Kier molecular flexibility index (Phi) is 6.23. The summed E-state index contributed by atoms with van der Waals surface area (Å²) >= 11 is 7.71. The van der Waals surface area contributed by atoms with Gasteiger partial charge in [0.15, 0.2) is 0 Å². The number of nitrogens with zero attached hydrogens (tertiary/aromatic N) is 3. The van der Waals surface area contributed by atoms with Crippen LogP contribution in [0.1, 0.15) is 10.6 Å². The molecule has 0 N–H and O–H groups in total. The van der Waals surface area contributed by atoms with Crippen LogP contribution in [0.5, 0.6) is 0 Å². The zero-order valence-corrected chi connectivity index (χ0v) is 17.4. The number of aromatic nitrogens is 1. The molecule has 1 saturated heterocycles. The molecule has 4 nitrogen and oxygen atoms in total. The van der Waals surface area contributed by atoms with Gasteiger partial charge in [-0.15, -0.1) is 11.3 Å². The van der Waals surface area contributed by atoms with E-state index in [9.17, 15) is 9.18 Å². The molecule has 2 heterocycles. The van der Waals surface area contributed by atoms with Crippen LogP contribution in [0.2, 0.25) is 5.02 Å². The number of halogens is 2. The third-order valence-corrected chi connectivity index (χ3v) is 6.28. The summed E-state index contributed by atoms with van der Waals surface area (Å²) in [6, 6.07) is 14.6. The monoisotopic (exact) mass is 429 g/mol. The number of hydrogen-bond acceptors (Lipinski definition) is 4. The highest BCUT2D eigenvalue weighted by Crippen LogP contribution is 2.23. The topological polar surface area (TPSA) is 36.4 Å². The summed E-state index contributed by atoms with van der Waals surface area (Å²) in [5.74, 6) is -0.514. The molecule has 29 heavy (non-hydrogen) atoms. The molecule has 0 spiro atoms. The maximum Gasteiger partial charge on any atom is 0.227 e. The molecule has 7 heteroatoms. The lowest BCUT2D eigenvalue weighted by Crippen LogP contribution is -2.48. The first-order chi connectivity index (χ1) is 14.1. The third-order valence-electron chi connectivity index (χ3n) is 5.09. The molecule has 1 fully saturated rings. The number of carbonyl (C=O) groups is 1. The van der Waals surface area contributed by atoms with Gasteiger partial charge in [0.25, 0.3) is 0 Å². The summed E-state index contributed by atoms with van der Waals surface area (Å²) in [4.78, 5) is 21.4. The van der Waals surface area contributed by atoms with Gasteiger partial charge in [-0.25, -0.2) is 9.37 Å². The molecule has 1 aromatic heterocycles. The van der Waals surface area contributed by atoms with Crippen molar-refractivity contribution in [3.63, 3.8) is 0 Å². The zero-order chi connectivity index (χ0) is 20.2. The van der Waals surface area contributed by atoms with Crippen LogP contribution in [0.25, 0.3) is 11.3 Å². The molecule has 1 aliphatic rings. The van der Waals surface area contributed by atoms with E-state index < -0.39 is 5.82 Å². The van der Waals surface area contributed by atoms with Gasteiger partial charge in [-0.3, -0.25) is 9.69 Å². The highest BCUT2D eigenvalue weighted by atomic mass is 35.5. The number of amides is 1. The van der Waals surface area contributed by atoms with Crippen molar-refractivity contribution in [1.29, 1.82) is 0 Å². The first-order valence-electron chi connectivity index (χ1n) is 9.53. The van der Waals surface area contributed by atoms with E-state index in [1.54, 1.807) is 28.4 Å². The van der Waals surface area contributed by atoms with Gasteiger partial charge in [0.2, 0.25) is 5.91 Å². The van der Waals surface area contributed by atoms with E-state index in [0.29, 0.717) is 18.1 Å². The highest BCUT2D eigenvalue weighted by molar-refractivity contribution is 7.09. The molecule has 150 valence electrons. The number of carbonyl (C=O) groups excluding carboxylic acids is 1. The number of hydrogen-bond donors (Lipinski definition) is 0. The van der Waals surface area contributed by atoms with Crippen molar-refractivity contribution in [2.75, 3.05) is 26.2 Å². The predicted octanol–water partition coefficient (Wildman–Crippen LogP) is 4.49. The van der Waals surface area contributed by atoms with E-state index >= 15 is 0 Å². The van der Waals surface area contributed by atoms with Gasteiger partial charge in [-0.2, -0.15) is 0 Å². The summed E-state index contributed by atoms with van der Waals surface area (Å²) in [5.41, 5.74) is 2.40. The highest BCUT2D eigenvalue weighted by Gasteiger charge is 2.23. The van der Waals surface area contributed by atoms with E-state index in [1.807, 2.05) is 18.2 Å². The van der Waals surface area contributed by atoms with Crippen LogP contribution in [0, 0.1) is 5.82 Å². The smallest absolute Gasteiger partial charge is 0.227 e. The van der Waals surface area contributed by atoms with E-state index in [4.69, 9.17) is 16.6 Å². The number of rotatable bonds is 5. The molecular formula is C22H21ClFN3OS. The van der Waals surface area contributed by atoms with Crippen LogP contribution in [0.3, 0.4) is 0 Å². The summed E-state index contributed by atoms with van der Waals surface area (Å²) in [6.07, 6.45) is -0.00156. The first kappa shape index (κ1) is 20.0. The Bertz CT molecular complexity index is 966. The van der Waals surface area contributed by atoms with E-state index in [0.717, 1.165) is 35.9 Å². The van der Waals surface area contributed by atoms with Gasteiger partial charge in [0, 0.05) is 47.7 Å². The lowest BCUT2D eigenvalue weighted by atomic mass is 10.1. The molecule has 3 aromatic rings. The van der Waals surface area contributed by atoms with Gasteiger partial charge in [0.05, 0.1) is 18.7 Å². The molecule has 0 saturated carbocycles. The maximum absolute atomic E-state index is 13.9. The Morgan fingerprint density at radius 1 is 1.07 bits per heavy atom. The second-order valence-corrected chi connectivity index (χ2v) is 8.38. The van der Waals surface area contributed by atoms with E-state index in [2.05, 4.69) is 22.4 Å². The Hall–Kier alpha value is -2.28. The molecule has 0 atom stereocenters. The van der Waals surface area contributed by atoms with Crippen molar-refractivity contribution in [1.82, 2.24) is 14.8 Å². The average Bonchev–Trinajstić information content (AvgIpc) is 3.20. The van der Waals surface area contributed by atoms with Crippen molar-refractivity contribution >= 4 is 28.8 Å². The maximum atomic E-state index is 13.9.